The third kappa shape index (κ3) is 1.85. The van der Waals surface area contributed by atoms with E-state index in [0.29, 0.717) is 0 Å². The molecule has 0 spiro atoms. The molecule has 4 aromatic rings. The average Bonchev–Trinajstić information content (AvgIpc) is 2.99. The van der Waals surface area contributed by atoms with Crippen molar-refractivity contribution in [2.45, 2.75) is 6.92 Å². The molecule has 0 bridgehead atoms. The Balaban J connectivity index is 1.99. The fourth-order valence-electron chi connectivity index (χ4n) is 2.78. The number of H-pyrrole nitrogens is 1. The van der Waals surface area contributed by atoms with Crippen LogP contribution in [0.2, 0.25) is 0 Å². The lowest BCUT2D eigenvalue weighted by molar-refractivity contribution is -0.724. The van der Waals surface area contributed by atoms with Gasteiger partial charge in [-0.05, 0) is 36.8 Å². The Morgan fingerprint density at radius 2 is 2.10 bits per heavy atom. The number of rotatable bonds is 1. The fraction of sp³-hybridized carbons (Fsp3) is 0.125. The highest BCUT2D eigenvalue weighted by Crippen LogP contribution is 2.30. The van der Waals surface area contributed by atoms with Crippen LogP contribution in [0.1, 0.15) is 5.56 Å². The Morgan fingerprint density at radius 1 is 1.24 bits per heavy atom. The summed E-state index contributed by atoms with van der Waals surface area (Å²) in [4.78, 5) is 4.43. The Bertz CT molecular complexity index is 981. The standard InChI is InChI=1S/C16H14N4S/c1-10-5-6-17-16-13(10)8-15(20(16)21)11-3-4-12-9-19(2)18-14(12)7-11/h3-9,21H,1-2H3/p+1. The van der Waals surface area contributed by atoms with Crippen molar-refractivity contribution in [3.05, 3.63) is 48.3 Å². The molecule has 3 aromatic heterocycles. The molecular weight excluding hydrogens is 280 g/mol. The molecule has 0 unspecified atom stereocenters. The summed E-state index contributed by atoms with van der Waals surface area (Å²) in [5, 5.41) is 5.63. The molecule has 0 aliphatic rings. The summed E-state index contributed by atoms with van der Waals surface area (Å²) in [6.45, 7) is 2.09. The molecule has 4 nitrogen and oxygen atoms in total. The van der Waals surface area contributed by atoms with E-state index >= 15 is 0 Å². The predicted octanol–water partition coefficient (Wildman–Crippen LogP) is 3.01. The first-order chi connectivity index (χ1) is 10.1. The Kier molecular flexibility index (Phi) is 2.59. The summed E-state index contributed by atoms with van der Waals surface area (Å²) in [7, 11) is 1.99. The van der Waals surface area contributed by atoms with Crippen molar-refractivity contribution in [1.82, 2.24) is 14.1 Å². The van der Waals surface area contributed by atoms with E-state index in [1.165, 1.54) is 10.9 Å². The van der Waals surface area contributed by atoms with Crippen LogP contribution in [0.25, 0.3) is 33.2 Å². The van der Waals surface area contributed by atoms with E-state index in [9.17, 15) is 0 Å². The largest absolute Gasteiger partial charge is 0.270 e. The minimum atomic E-state index is 0.894. The van der Waals surface area contributed by atoms with E-state index in [-0.39, 0.29) is 0 Å². The number of pyridine rings is 1. The van der Waals surface area contributed by atoms with Crippen molar-refractivity contribution in [2.24, 2.45) is 7.05 Å². The highest BCUT2D eigenvalue weighted by molar-refractivity contribution is 7.78. The number of aromatic nitrogens is 4. The van der Waals surface area contributed by atoms with E-state index in [0.717, 1.165) is 27.8 Å². The van der Waals surface area contributed by atoms with Gasteiger partial charge in [0, 0.05) is 17.1 Å². The van der Waals surface area contributed by atoms with Gasteiger partial charge in [0.15, 0.2) is 12.7 Å². The Labute approximate surface area is 127 Å². The summed E-state index contributed by atoms with van der Waals surface area (Å²) in [5.41, 5.74) is 5.39. The molecule has 0 amide bonds. The van der Waals surface area contributed by atoms with E-state index in [1.54, 1.807) is 0 Å². The summed E-state index contributed by atoms with van der Waals surface area (Å²) in [6.07, 6.45) is 3.89. The molecule has 0 saturated heterocycles. The first-order valence-electron chi connectivity index (χ1n) is 6.78. The monoisotopic (exact) mass is 295 g/mol. The van der Waals surface area contributed by atoms with Gasteiger partial charge in [-0.1, -0.05) is 18.9 Å². The molecule has 5 heteroatoms. The second kappa shape index (κ2) is 4.36. The molecule has 104 valence electrons. The van der Waals surface area contributed by atoms with Crippen molar-refractivity contribution in [2.75, 3.05) is 0 Å². The minimum absolute atomic E-state index is 0.894. The molecule has 3 heterocycles. The first-order valence-corrected chi connectivity index (χ1v) is 7.18. The molecule has 0 radical (unpaired) electrons. The number of aryl methyl sites for hydroxylation is 2. The predicted molar refractivity (Wildman–Crippen MR) is 87.3 cm³/mol. The van der Waals surface area contributed by atoms with Crippen LogP contribution in [0.5, 0.6) is 0 Å². The highest BCUT2D eigenvalue weighted by Gasteiger charge is 2.13. The summed E-state index contributed by atoms with van der Waals surface area (Å²) in [5.74, 6) is 0. The van der Waals surface area contributed by atoms with Gasteiger partial charge in [-0.25, -0.2) is 4.98 Å². The molecule has 4 rings (SSSR count). The van der Waals surface area contributed by atoms with Gasteiger partial charge < -0.3 is 0 Å². The smallest absolute Gasteiger partial charge is 0.202 e. The Morgan fingerprint density at radius 3 is 2.90 bits per heavy atom. The molecule has 0 aliphatic carbocycles. The van der Waals surface area contributed by atoms with Gasteiger partial charge >= 0.3 is 0 Å². The maximum atomic E-state index is 4.61. The number of hydrogen-bond donors (Lipinski definition) is 2. The molecule has 0 fully saturated rings. The van der Waals surface area contributed by atoms with Crippen LogP contribution >= 0.6 is 12.8 Å². The van der Waals surface area contributed by atoms with Crippen LogP contribution in [-0.4, -0.2) is 14.1 Å². The lowest BCUT2D eigenvalue weighted by Gasteiger charge is -2.02. The maximum absolute atomic E-state index is 4.61. The zero-order valence-corrected chi connectivity index (χ0v) is 12.7. The number of fused-ring (bicyclic) bond motifs is 2. The third-order valence-electron chi connectivity index (χ3n) is 3.88. The van der Waals surface area contributed by atoms with Crippen LogP contribution in [-0.2, 0) is 7.05 Å². The normalized spacial score (nSPS) is 11.6. The first kappa shape index (κ1) is 12.5. The van der Waals surface area contributed by atoms with Crippen molar-refractivity contribution < 1.29 is 4.68 Å². The van der Waals surface area contributed by atoms with Crippen LogP contribution in [0.15, 0.2) is 42.7 Å². The lowest BCUT2D eigenvalue weighted by Crippen LogP contribution is -2.27. The van der Waals surface area contributed by atoms with E-state index in [4.69, 9.17) is 0 Å². The second-order valence-corrected chi connectivity index (χ2v) is 5.76. The third-order valence-corrected chi connectivity index (χ3v) is 4.28. The van der Waals surface area contributed by atoms with Crippen molar-refractivity contribution in [3.8, 4) is 11.3 Å². The number of benzene rings is 1. The van der Waals surface area contributed by atoms with Gasteiger partial charge in [0.05, 0.1) is 11.1 Å². The number of nitrogens with one attached hydrogen (secondary N) is 1. The van der Waals surface area contributed by atoms with E-state index < -0.39 is 0 Å². The second-order valence-electron chi connectivity index (χ2n) is 5.36. The van der Waals surface area contributed by atoms with Gasteiger partial charge in [-0.2, -0.15) is 5.10 Å². The molecular formula is C16H15N4S+. The summed E-state index contributed by atoms with van der Waals surface area (Å²) >= 11 is 4.61. The molecule has 0 atom stereocenters. The topological polar surface area (TPSA) is 37.5 Å². The zero-order valence-electron chi connectivity index (χ0n) is 11.8. The maximum Gasteiger partial charge on any atom is 0.202 e. The zero-order chi connectivity index (χ0) is 14.6. The van der Waals surface area contributed by atoms with Gasteiger partial charge in [0.2, 0.25) is 6.20 Å². The number of nitrogens with zero attached hydrogens (tertiary/aromatic N) is 3. The minimum Gasteiger partial charge on any atom is -0.270 e. The van der Waals surface area contributed by atoms with E-state index in [2.05, 4.69) is 60.3 Å². The molecule has 1 N–H and O–H groups in total. The summed E-state index contributed by atoms with van der Waals surface area (Å²) in [6, 6.07) is 10.5. The van der Waals surface area contributed by atoms with Crippen molar-refractivity contribution in [1.29, 1.82) is 0 Å². The molecule has 21 heavy (non-hydrogen) atoms. The van der Waals surface area contributed by atoms with Crippen LogP contribution < -0.4 is 4.68 Å². The molecule has 0 saturated carbocycles. The van der Waals surface area contributed by atoms with Gasteiger partial charge in [0.1, 0.15) is 5.52 Å². The number of thiol groups is 1. The van der Waals surface area contributed by atoms with E-state index in [1.807, 2.05) is 28.0 Å². The van der Waals surface area contributed by atoms with Crippen LogP contribution in [0, 0.1) is 6.92 Å². The number of hydrogen-bond acceptors (Lipinski definition) is 2. The molecule has 0 aliphatic heterocycles. The van der Waals surface area contributed by atoms with Gasteiger partial charge in [0.25, 0.3) is 0 Å². The highest BCUT2D eigenvalue weighted by atomic mass is 32.1. The Hall–Kier alpha value is -2.27. The van der Waals surface area contributed by atoms with Crippen LogP contribution in [0.4, 0.5) is 0 Å². The van der Waals surface area contributed by atoms with Crippen LogP contribution in [0.3, 0.4) is 0 Å². The van der Waals surface area contributed by atoms with Crippen molar-refractivity contribution >= 4 is 34.8 Å². The quantitative estimate of drug-likeness (QED) is 0.411. The fourth-order valence-corrected chi connectivity index (χ4v) is 3.11. The van der Waals surface area contributed by atoms with Gasteiger partial charge in [-0.15, -0.1) is 4.68 Å². The van der Waals surface area contributed by atoms with Crippen molar-refractivity contribution in [3.63, 3.8) is 0 Å². The molecule has 1 aromatic carbocycles. The lowest BCUT2D eigenvalue weighted by atomic mass is 10.1. The summed E-state index contributed by atoms with van der Waals surface area (Å²) < 4.78 is 3.81. The number of aromatic amines is 1. The van der Waals surface area contributed by atoms with Gasteiger partial charge in [-0.3, -0.25) is 3.97 Å². The SMILES string of the molecule is Cc1ccnc2c1cc(-c1ccc3c[n+](C)[nH]c3c1)n2S. The average molecular weight is 295 g/mol.